The molecule has 0 bridgehead atoms. The zero-order chi connectivity index (χ0) is 22.2. The van der Waals surface area contributed by atoms with Crippen LogP contribution < -0.4 is 14.8 Å². The Morgan fingerprint density at radius 2 is 1.84 bits per heavy atom. The van der Waals surface area contributed by atoms with Crippen LogP contribution in [0.25, 0.3) is 0 Å². The number of thioether (sulfide) groups is 1. The molecule has 1 aliphatic carbocycles. The van der Waals surface area contributed by atoms with Gasteiger partial charge in [0.15, 0.2) is 11.0 Å². The first-order chi connectivity index (χ1) is 15.7. The Morgan fingerprint density at radius 1 is 1.03 bits per heavy atom. The molecular weight excluding hydrogens is 420 g/mol. The van der Waals surface area contributed by atoms with Crippen molar-refractivity contribution in [3.63, 3.8) is 0 Å². The molecule has 170 valence electrons. The summed E-state index contributed by atoms with van der Waals surface area (Å²) in [6, 6.07) is 16.6. The van der Waals surface area contributed by atoms with Crippen LogP contribution in [0.1, 0.15) is 49.5 Å². The van der Waals surface area contributed by atoms with Crippen LogP contribution in [0.3, 0.4) is 0 Å². The van der Waals surface area contributed by atoms with Crippen LogP contribution in [0.15, 0.2) is 53.7 Å². The topological polar surface area (TPSA) is 61.2 Å². The van der Waals surface area contributed by atoms with Crippen LogP contribution in [-0.2, 0) is 6.54 Å². The van der Waals surface area contributed by atoms with Gasteiger partial charge in [0.25, 0.3) is 0 Å². The normalized spacial score (nSPS) is 14.3. The van der Waals surface area contributed by atoms with Crippen molar-refractivity contribution < 1.29 is 9.47 Å². The minimum Gasteiger partial charge on any atom is -0.497 e. The molecule has 1 N–H and O–H groups in total. The van der Waals surface area contributed by atoms with Gasteiger partial charge in [0, 0.05) is 23.5 Å². The zero-order valence-electron chi connectivity index (χ0n) is 18.9. The highest BCUT2D eigenvalue weighted by Gasteiger charge is 2.23. The van der Waals surface area contributed by atoms with E-state index >= 15 is 0 Å². The predicted octanol–water partition coefficient (Wildman–Crippen LogP) is 5.88. The number of aryl methyl sites for hydroxylation is 1. The molecule has 2 aromatic carbocycles. The van der Waals surface area contributed by atoms with Crippen molar-refractivity contribution in [2.24, 2.45) is 0 Å². The molecule has 1 fully saturated rings. The quantitative estimate of drug-likeness (QED) is 0.306. The summed E-state index contributed by atoms with van der Waals surface area (Å²) in [7, 11) is 1.69. The van der Waals surface area contributed by atoms with Gasteiger partial charge in [-0.3, -0.25) is 0 Å². The Kier molecular flexibility index (Phi) is 7.93. The fraction of sp³-hybridized carbons (Fsp3) is 0.440. The van der Waals surface area contributed by atoms with Crippen LogP contribution in [0, 0.1) is 6.92 Å². The van der Waals surface area contributed by atoms with E-state index in [1.54, 1.807) is 18.9 Å². The largest absolute Gasteiger partial charge is 0.497 e. The number of hydrogen-bond donors (Lipinski definition) is 1. The SMILES string of the molecule is COc1cccc(NCc2nnc(SCCOc3cccc(C)c3)n2C2CCCCC2)c1. The van der Waals surface area contributed by atoms with Crippen molar-refractivity contribution in [2.45, 2.75) is 56.8 Å². The van der Waals surface area contributed by atoms with Crippen LogP contribution in [-0.4, -0.2) is 34.2 Å². The minimum absolute atomic E-state index is 0.473. The van der Waals surface area contributed by atoms with Gasteiger partial charge >= 0.3 is 0 Å². The van der Waals surface area contributed by atoms with E-state index in [4.69, 9.17) is 9.47 Å². The fourth-order valence-corrected chi connectivity index (χ4v) is 4.99. The number of rotatable bonds is 10. The van der Waals surface area contributed by atoms with Crippen LogP contribution in [0.4, 0.5) is 5.69 Å². The molecule has 0 amide bonds. The minimum atomic E-state index is 0.473. The number of methoxy groups -OCH3 is 1. The lowest BCUT2D eigenvalue weighted by atomic mass is 9.95. The fourth-order valence-electron chi connectivity index (χ4n) is 4.14. The van der Waals surface area contributed by atoms with E-state index < -0.39 is 0 Å². The van der Waals surface area contributed by atoms with Crippen molar-refractivity contribution in [1.82, 2.24) is 14.8 Å². The average Bonchev–Trinajstić information content (AvgIpc) is 3.24. The van der Waals surface area contributed by atoms with Gasteiger partial charge in [-0.25, -0.2) is 0 Å². The lowest BCUT2D eigenvalue weighted by Crippen LogP contribution is -2.18. The summed E-state index contributed by atoms with van der Waals surface area (Å²) in [6.45, 7) is 3.36. The van der Waals surface area contributed by atoms with Crippen molar-refractivity contribution in [2.75, 3.05) is 24.8 Å². The number of anilines is 1. The van der Waals surface area contributed by atoms with Crippen LogP contribution >= 0.6 is 11.8 Å². The van der Waals surface area contributed by atoms with E-state index in [9.17, 15) is 0 Å². The number of aromatic nitrogens is 3. The molecule has 1 aromatic heterocycles. The van der Waals surface area contributed by atoms with Crippen LogP contribution in [0.5, 0.6) is 11.5 Å². The smallest absolute Gasteiger partial charge is 0.191 e. The van der Waals surface area contributed by atoms with Crippen molar-refractivity contribution >= 4 is 17.4 Å². The van der Waals surface area contributed by atoms with Gasteiger partial charge in [-0.05, 0) is 49.6 Å². The number of hydrogen-bond acceptors (Lipinski definition) is 6. The predicted molar refractivity (Wildman–Crippen MR) is 130 cm³/mol. The number of nitrogens with zero attached hydrogens (tertiary/aromatic N) is 3. The van der Waals surface area contributed by atoms with E-state index in [0.29, 0.717) is 19.2 Å². The maximum absolute atomic E-state index is 5.93. The molecule has 1 heterocycles. The van der Waals surface area contributed by atoms with Gasteiger partial charge in [-0.1, -0.05) is 49.2 Å². The Labute approximate surface area is 194 Å². The number of nitrogens with one attached hydrogen (secondary N) is 1. The van der Waals surface area contributed by atoms with Gasteiger partial charge in [0.1, 0.15) is 11.5 Å². The van der Waals surface area contributed by atoms with Gasteiger partial charge in [0.2, 0.25) is 0 Å². The van der Waals surface area contributed by atoms with Gasteiger partial charge in [0.05, 0.1) is 20.3 Å². The highest BCUT2D eigenvalue weighted by molar-refractivity contribution is 7.99. The van der Waals surface area contributed by atoms with E-state index in [1.807, 2.05) is 36.4 Å². The molecule has 3 aromatic rings. The highest BCUT2D eigenvalue weighted by Crippen LogP contribution is 2.33. The summed E-state index contributed by atoms with van der Waals surface area (Å²) in [5.41, 5.74) is 2.23. The van der Waals surface area contributed by atoms with E-state index in [1.165, 1.54) is 37.7 Å². The summed E-state index contributed by atoms with van der Waals surface area (Å²) in [5, 5.41) is 13.6. The van der Waals surface area contributed by atoms with Crippen molar-refractivity contribution in [3.8, 4) is 11.5 Å². The third-order valence-corrected chi connectivity index (χ3v) is 6.68. The Bertz CT molecular complexity index is 1000. The first kappa shape index (κ1) is 22.5. The Balaban J connectivity index is 1.41. The molecule has 4 rings (SSSR count). The van der Waals surface area contributed by atoms with Gasteiger partial charge in [-0.2, -0.15) is 0 Å². The highest BCUT2D eigenvalue weighted by atomic mass is 32.2. The van der Waals surface area contributed by atoms with Gasteiger partial charge < -0.3 is 19.4 Å². The first-order valence-corrected chi connectivity index (χ1v) is 12.4. The van der Waals surface area contributed by atoms with Crippen LogP contribution in [0.2, 0.25) is 0 Å². The second-order valence-corrected chi connectivity index (χ2v) is 9.22. The molecule has 0 spiro atoms. The number of ether oxygens (including phenoxy) is 2. The van der Waals surface area contributed by atoms with Crippen molar-refractivity contribution in [1.29, 1.82) is 0 Å². The second kappa shape index (κ2) is 11.3. The molecule has 0 unspecified atom stereocenters. The summed E-state index contributed by atoms with van der Waals surface area (Å²) in [6.07, 6.45) is 6.25. The second-order valence-electron chi connectivity index (χ2n) is 8.16. The van der Waals surface area contributed by atoms with Crippen molar-refractivity contribution in [3.05, 3.63) is 59.9 Å². The van der Waals surface area contributed by atoms with E-state index in [2.05, 4.69) is 39.1 Å². The molecule has 0 aliphatic heterocycles. The maximum Gasteiger partial charge on any atom is 0.191 e. The average molecular weight is 453 g/mol. The standard InChI is InChI=1S/C25H32N4O2S/c1-19-8-6-13-23(16-19)31-14-15-32-25-28-27-24(29(25)21-10-4-3-5-11-21)18-26-20-9-7-12-22(17-20)30-2/h6-9,12-13,16-17,21,26H,3-5,10-11,14-15,18H2,1-2H3. The van der Waals surface area contributed by atoms with E-state index in [0.717, 1.165) is 33.9 Å². The summed E-state index contributed by atoms with van der Waals surface area (Å²) in [4.78, 5) is 0. The molecule has 0 saturated heterocycles. The zero-order valence-corrected chi connectivity index (χ0v) is 19.7. The first-order valence-electron chi connectivity index (χ1n) is 11.4. The molecule has 1 saturated carbocycles. The lowest BCUT2D eigenvalue weighted by molar-refractivity contribution is 0.328. The molecule has 0 atom stereocenters. The third-order valence-electron chi connectivity index (χ3n) is 5.77. The van der Waals surface area contributed by atoms with Gasteiger partial charge in [-0.15, -0.1) is 10.2 Å². The molecule has 32 heavy (non-hydrogen) atoms. The Morgan fingerprint density at radius 3 is 2.66 bits per heavy atom. The molecule has 1 aliphatic rings. The molecule has 7 heteroatoms. The maximum atomic E-state index is 5.93. The lowest BCUT2D eigenvalue weighted by Gasteiger charge is -2.25. The summed E-state index contributed by atoms with van der Waals surface area (Å²) in [5.74, 6) is 3.58. The molecule has 0 radical (unpaired) electrons. The summed E-state index contributed by atoms with van der Waals surface area (Å²) >= 11 is 1.73. The Hall–Kier alpha value is -2.67. The number of benzene rings is 2. The summed E-state index contributed by atoms with van der Waals surface area (Å²) < 4.78 is 13.6. The molecular formula is C25H32N4O2S. The third kappa shape index (κ3) is 5.97. The molecule has 6 nitrogen and oxygen atoms in total. The van der Waals surface area contributed by atoms with E-state index in [-0.39, 0.29) is 0 Å². The monoisotopic (exact) mass is 452 g/mol.